The van der Waals surface area contributed by atoms with Crippen molar-refractivity contribution in [1.29, 1.82) is 0 Å². The summed E-state index contributed by atoms with van der Waals surface area (Å²) < 4.78 is 1.86. The third-order valence-electron chi connectivity index (χ3n) is 2.20. The highest BCUT2D eigenvalue weighted by atomic mass is 15.1. The van der Waals surface area contributed by atoms with Crippen LogP contribution in [0.5, 0.6) is 0 Å². The minimum atomic E-state index is 0.524. The second-order valence-electron chi connectivity index (χ2n) is 3.86. The van der Waals surface area contributed by atoms with Crippen LogP contribution in [0.25, 0.3) is 0 Å². The summed E-state index contributed by atoms with van der Waals surface area (Å²) in [5, 5.41) is 0. The van der Waals surface area contributed by atoms with Gasteiger partial charge in [-0.1, -0.05) is 5.92 Å². The van der Waals surface area contributed by atoms with Crippen LogP contribution in [0.3, 0.4) is 0 Å². The Labute approximate surface area is 148 Å². The molecule has 0 saturated heterocycles. The SMILES string of the molecule is CC#CC#CC#CC#CC#CC#CC#CC#Cc1nccn1CCN. The Morgan fingerprint density at radius 1 is 0.800 bits per heavy atom. The molecule has 1 aromatic heterocycles. The lowest BCUT2D eigenvalue weighted by Crippen LogP contribution is -2.10. The van der Waals surface area contributed by atoms with E-state index in [1.54, 1.807) is 13.1 Å². The molecule has 3 heteroatoms. The maximum absolute atomic E-state index is 5.49. The average Bonchev–Trinajstić information content (AvgIpc) is 3.06. The van der Waals surface area contributed by atoms with E-state index in [0.717, 1.165) is 0 Å². The molecule has 1 heterocycles. The first-order valence-corrected chi connectivity index (χ1v) is 7.02. The molecule has 3 nitrogen and oxygen atoms in total. The largest absolute Gasteiger partial charge is 0.329 e. The summed E-state index contributed by atoms with van der Waals surface area (Å²) in [4.78, 5) is 4.10. The molecule has 0 aliphatic rings. The smallest absolute Gasteiger partial charge is 0.186 e. The predicted octanol–water partition coefficient (Wildman–Crippen LogP) is 0.237. The molecule has 114 valence electrons. The van der Waals surface area contributed by atoms with E-state index >= 15 is 0 Å². The number of hydrogen-bond acceptors (Lipinski definition) is 2. The molecular weight excluding hydrogens is 306 g/mol. The molecule has 0 atom stereocenters. The molecule has 0 aromatic carbocycles. The number of rotatable bonds is 2. The second-order valence-corrected chi connectivity index (χ2v) is 3.86. The first kappa shape index (κ1) is 18.7. The molecule has 0 bridgehead atoms. The molecule has 0 saturated carbocycles. The number of aromatic nitrogens is 2. The summed E-state index contributed by atoms with van der Waals surface area (Å²) in [6, 6.07) is 0. The van der Waals surface area contributed by atoms with Gasteiger partial charge in [0.2, 0.25) is 0 Å². The lowest BCUT2D eigenvalue weighted by Gasteiger charge is -1.98. The van der Waals surface area contributed by atoms with Crippen molar-refractivity contribution in [3.05, 3.63) is 18.2 Å². The fourth-order valence-corrected chi connectivity index (χ4v) is 1.28. The summed E-state index contributed by atoms with van der Waals surface area (Å²) in [6.45, 7) is 2.89. The van der Waals surface area contributed by atoms with Gasteiger partial charge in [0, 0.05) is 25.5 Å². The van der Waals surface area contributed by atoms with E-state index in [1.807, 2.05) is 10.8 Å². The molecule has 1 rings (SSSR count). The van der Waals surface area contributed by atoms with Crippen molar-refractivity contribution in [3.63, 3.8) is 0 Å². The van der Waals surface area contributed by atoms with Gasteiger partial charge < -0.3 is 10.3 Å². The highest BCUT2D eigenvalue weighted by Crippen LogP contribution is 1.93. The lowest BCUT2D eigenvalue weighted by molar-refractivity contribution is 0.699. The Hall–Kier alpha value is -4.35. The Kier molecular flexibility index (Phi) is 9.96. The third kappa shape index (κ3) is 9.30. The number of hydrogen-bond donors (Lipinski definition) is 1. The fourth-order valence-electron chi connectivity index (χ4n) is 1.28. The van der Waals surface area contributed by atoms with Gasteiger partial charge >= 0.3 is 0 Å². The monoisotopic (exact) mass is 317 g/mol. The van der Waals surface area contributed by atoms with Crippen molar-refractivity contribution in [2.75, 3.05) is 6.54 Å². The van der Waals surface area contributed by atoms with Crippen LogP contribution in [0.2, 0.25) is 0 Å². The summed E-state index contributed by atoms with van der Waals surface area (Å²) in [5.74, 6) is 41.8. The molecule has 0 radical (unpaired) electrons. The molecule has 0 aliphatic carbocycles. The zero-order valence-corrected chi connectivity index (χ0v) is 13.5. The molecule has 25 heavy (non-hydrogen) atoms. The minimum Gasteiger partial charge on any atom is -0.329 e. The van der Waals surface area contributed by atoms with Crippen LogP contribution in [-0.4, -0.2) is 16.1 Å². The zero-order valence-electron chi connectivity index (χ0n) is 13.5. The molecular formula is C22H11N3. The van der Waals surface area contributed by atoms with Crippen molar-refractivity contribution in [3.8, 4) is 94.7 Å². The highest BCUT2D eigenvalue weighted by molar-refractivity contribution is 5.46. The maximum Gasteiger partial charge on any atom is 0.186 e. The van der Waals surface area contributed by atoms with Crippen molar-refractivity contribution in [2.45, 2.75) is 13.5 Å². The average molecular weight is 317 g/mol. The van der Waals surface area contributed by atoms with Crippen LogP contribution in [0, 0.1) is 94.7 Å². The first-order valence-electron chi connectivity index (χ1n) is 7.02. The molecule has 1 aromatic rings. The first-order chi connectivity index (χ1) is 12.4. The summed E-state index contributed by atoms with van der Waals surface area (Å²) >= 11 is 0. The standard InChI is InChI=1S/C22H11N3/c1-2-3-4-5-6-7-8-9-10-11-12-13-14-15-16-17-22-24-19-21-25(22)20-18-23/h19,21H,18,20,23H2,1H3. The topological polar surface area (TPSA) is 43.8 Å². The van der Waals surface area contributed by atoms with Gasteiger partial charge in [-0.3, -0.25) is 0 Å². The molecule has 0 spiro atoms. The predicted molar refractivity (Wildman–Crippen MR) is 98.3 cm³/mol. The van der Waals surface area contributed by atoms with Crippen molar-refractivity contribution < 1.29 is 0 Å². The van der Waals surface area contributed by atoms with Crippen LogP contribution in [0.1, 0.15) is 12.7 Å². The van der Waals surface area contributed by atoms with E-state index in [1.165, 1.54) is 0 Å². The van der Waals surface area contributed by atoms with Gasteiger partial charge in [-0.25, -0.2) is 4.98 Å². The van der Waals surface area contributed by atoms with Crippen LogP contribution in [0.4, 0.5) is 0 Å². The Morgan fingerprint density at radius 2 is 1.28 bits per heavy atom. The normalized spacial score (nSPS) is 6.16. The van der Waals surface area contributed by atoms with E-state index in [9.17, 15) is 0 Å². The van der Waals surface area contributed by atoms with Gasteiger partial charge in [-0.2, -0.15) is 0 Å². The summed E-state index contributed by atoms with van der Waals surface area (Å²) in [7, 11) is 0. The summed E-state index contributed by atoms with van der Waals surface area (Å²) in [6.07, 6.45) is 3.48. The second kappa shape index (κ2) is 13.3. The zero-order chi connectivity index (χ0) is 18.0. The Bertz CT molecular complexity index is 1100. The van der Waals surface area contributed by atoms with Gasteiger partial charge in [0.15, 0.2) is 5.82 Å². The van der Waals surface area contributed by atoms with Crippen molar-refractivity contribution in [2.24, 2.45) is 5.73 Å². The van der Waals surface area contributed by atoms with Crippen LogP contribution < -0.4 is 5.73 Å². The number of nitrogens with zero attached hydrogens (tertiary/aromatic N) is 2. The maximum atomic E-state index is 5.49. The van der Waals surface area contributed by atoms with Crippen LogP contribution in [-0.2, 0) is 6.54 Å². The number of imidazole rings is 1. The van der Waals surface area contributed by atoms with Crippen molar-refractivity contribution >= 4 is 0 Å². The molecule has 0 amide bonds. The van der Waals surface area contributed by atoms with Crippen molar-refractivity contribution in [1.82, 2.24) is 9.55 Å². The van der Waals surface area contributed by atoms with Crippen LogP contribution >= 0.6 is 0 Å². The van der Waals surface area contributed by atoms with E-state index in [0.29, 0.717) is 18.9 Å². The van der Waals surface area contributed by atoms with Gasteiger partial charge in [0.1, 0.15) is 0 Å². The van der Waals surface area contributed by atoms with Gasteiger partial charge in [-0.05, 0) is 95.7 Å². The molecule has 0 unspecified atom stereocenters. The fraction of sp³-hybridized carbons (Fsp3) is 0.136. The highest BCUT2D eigenvalue weighted by Gasteiger charge is 1.95. The summed E-state index contributed by atoms with van der Waals surface area (Å²) in [5.41, 5.74) is 5.49. The van der Waals surface area contributed by atoms with E-state index in [-0.39, 0.29) is 0 Å². The van der Waals surface area contributed by atoms with Gasteiger partial charge in [0.25, 0.3) is 0 Å². The molecule has 2 N–H and O–H groups in total. The lowest BCUT2D eigenvalue weighted by atomic mass is 10.4. The Balaban J connectivity index is 2.52. The molecule has 0 aliphatic heterocycles. The van der Waals surface area contributed by atoms with E-state index in [2.05, 4.69) is 99.7 Å². The van der Waals surface area contributed by atoms with Crippen LogP contribution in [0.15, 0.2) is 12.4 Å². The molecule has 0 fully saturated rings. The van der Waals surface area contributed by atoms with Gasteiger partial charge in [0.05, 0.1) is 0 Å². The van der Waals surface area contributed by atoms with E-state index < -0.39 is 0 Å². The van der Waals surface area contributed by atoms with E-state index in [4.69, 9.17) is 5.73 Å². The van der Waals surface area contributed by atoms with Gasteiger partial charge in [-0.15, -0.1) is 0 Å². The minimum absolute atomic E-state index is 0.524. The third-order valence-corrected chi connectivity index (χ3v) is 2.20. The quantitative estimate of drug-likeness (QED) is 0.794. The Morgan fingerprint density at radius 3 is 1.76 bits per heavy atom. The number of nitrogens with two attached hydrogens (primary N) is 1.